The first-order valence-corrected chi connectivity index (χ1v) is 35.7. The molecule has 0 spiro atoms. The molecule has 3 aromatic rings. The number of aromatic nitrogens is 1. The number of rotatable bonds is 38. The Bertz CT molecular complexity index is 2760. The number of ether oxygens (including phenoxy) is 6. The second-order valence-electron chi connectivity index (χ2n) is 27.6. The lowest BCUT2D eigenvalue weighted by Gasteiger charge is -2.23. The van der Waals surface area contributed by atoms with E-state index in [9.17, 15) is 42.7 Å². The minimum absolute atomic E-state index is 0.0200. The van der Waals surface area contributed by atoms with Crippen LogP contribution < -0.4 is 14.8 Å². The number of hydrogen-bond donors (Lipinski definition) is 1. The molecule has 0 aliphatic heterocycles. The van der Waals surface area contributed by atoms with Crippen molar-refractivity contribution in [2.75, 3.05) is 31.5 Å². The molecule has 0 aliphatic rings. The van der Waals surface area contributed by atoms with Gasteiger partial charge in [0.1, 0.15) is 5.75 Å². The van der Waals surface area contributed by atoms with Gasteiger partial charge < -0.3 is 48.1 Å². The quantitative estimate of drug-likeness (QED) is 0.0242. The van der Waals surface area contributed by atoms with Crippen molar-refractivity contribution in [1.29, 1.82) is 0 Å². The lowest BCUT2D eigenvalue weighted by molar-refractivity contribution is -0.244. The monoisotopic (exact) mass is 1330 g/mol. The number of benzene rings is 2. The maximum absolute atomic E-state index is 14.6. The summed E-state index contributed by atoms with van der Waals surface area (Å²) < 4.78 is 76.7. The van der Waals surface area contributed by atoms with Gasteiger partial charge in [0.25, 0.3) is 0 Å². The first-order valence-electron chi connectivity index (χ1n) is 33.2. The van der Waals surface area contributed by atoms with Gasteiger partial charge in [-0.1, -0.05) is 114 Å². The van der Waals surface area contributed by atoms with Gasteiger partial charge in [-0.2, -0.15) is 0 Å². The Labute approximate surface area is 549 Å². The second kappa shape index (κ2) is 38.4. The molecule has 1 heterocycles. The van der Waals surface area contributed by atoms with Gasteiger partial charge in [-0.05, 0) is 173 Å². The fraction of sp³-hybridized carbons (Fsp3) is 0.696. The van der Waals surface area contributed by atoms with Crippen LogP contribution in [0.15, 0.2) is 36.4 Å². The lowest BCUT2D eigenvalue weighted by atomic mass is 9.97. The van der Waals surface area contributed by atoms with Crippen molar-refractivity contribution in [3.05, 3.63) is 42.0 Å². The normalized spacial score (nSPS) is 12.7. The predicted octanol–water partition coefficient (Wildman–Crippen LogP) is 18.0. The van der Waals surface area contributed by atoms with Crippen molar-refractivity contribution < 1.29 is 80.2 Å². The number of anilines is 1. The largest absolute Gasteiger partial charge is 0.574 e. The van der Waals surface area contributed by atoms with E-state index in [1.165, 1.54) is 83.1 Å². The molecule has 2 aromatic carbocycles. The molecule has 0 radical (unpaired) electrons. The highest BCUT2D eigenvalue weighted by Crippen LogP contribution is 2.51. The Morgan fingerprint density at radius 1 is 0.511 bits per heavy atom. The van der Waals surface area contributed by atoms with Crippen LogP contribution in [0.1, 0.15) is 239 Å². The van der Waals surface area contributed by atoms with E-state index in [1.807, 2.05) is 26.0 Å². The molecule has 2 atom stereocenters. The van der Waals surface area contributed by atoms with Crippen LogP contribution in [0.25, 0.3) is 22.2 Å². The summed E-state index contributed by atoms with van der Waals surface area (Å²) in [5, 5.41) is 1.73. The van der Waals surface area contributed by atoms with Crippen molar-refractivity contribution in [2.24, 2.45) is 21.7 Å². The molecule has 92 heavy (non-hydrogen) atoms. The molecule has 1 aromatic heterocycles. The minimum atomic E-state index is -3.45. The average molecular weight is 1330 g/mol. The first-order chi connectivity index (χ1) is 43.1. The maximum atomic E-state index is 14.6. The van der Waals surface area contributed by atoms with Gasteiger partial charge in [0, 0.05) is 50.6 Å². The molecule has 0 bridgehead atoms. The third kappa shape index (κ3) is 26.8. The van der Waals surface area contributed by atoms with Crippen LogP contribution in [-0.2, 0) is 67.6 Å². The Kier molecular flexibility index (Phi) is 33.5. The molecule has 2 unspecified atom stereocenters. The summed E-state index contributed by atoms with van der Waals surface area (Å²) in [7, 11) is -6.90. The Hall–Kier alpha value is -6.01. The molecule has 21 nitrogen and oxygen atoms in total. The number of unbranched alkanes of at least 4 members (excludes halogenated alkanes) is 12. The minimum Gasteiger partial charge on any atom is -0.410 e. The number of amides is 3. The maximum Gasteiger partial charge on any atom is 0.574 e. The van der Waals surface area contributed by atoms with Crippen molar-refractivity contribution in [2.45, 2.75) is 265 Å². The SMILES string of the molecule is CCCCCCN(CCCCCC)C(=O)Oc1ccc(-c2c(C)c3cc(NC(=O)CCC([P+](=O)OC(OC(=O)C(C)(C)C)OC(=O)C(C)(C)C)[P+](=O)OC(OC(=O)C(C)(C)C)OC(=O)C(C)(C)C)c(OC(=O)N(CCCCCC)CCCCCC)cc3n2CC)cc1. The van der Waals surface area contributed by atoms with E-state index in [4.69, 9.17) is 37.5 Å². The zero-order chi connectivity index (χ0) is 69.1. The van der Waals surface area contributed by atoms with E-state index in [0.29, 0.717) is 49.4 Å². The van der Waals surface area contributed by atoms with E-state index >= 15 is 0 Å². The number of aryl methyl sites for hydroxylation is 2. The lowest BCUT2D eigenvalue weighted by Crippen LogP contribution is -2.36. The molecule has 0 saturated carbocycles. The Balaban J connectivity index is 2.23. The van der Waals surface area contributed by atoms with Crippen molar-refractivity contribution >= 4 is 74.6 Å². The summed E-state index contributed by atoms with van der Waals surface area (Å²) in [6.07, 6.45) is 13.4. The van der Waals surface area contributed by atoms with Crippen molar-refractivity contribution in [3.63, 3.8) is 0 Å². The first kappa shape index (κ1) is 80.2. The van der Waals surface area contributed by atoms with E-state index in [0.717, 1.165) is 120 Å². The topological polar surface area (TPSA) is 251 Å². The zero-order valence-corrected chi connectivity index (χ0v) is 60.4. The van der Waals surface area contributed by atoms with Gasteiger partial charge >= 0.3 is 70.5 Å². The third-order valence-corrected chi connectivity index (χ3v) is 18.3. The van der Waals surface area contributed by atoms with E-state index in [2.05, 4.69) is 37.6 Å². The molecule has 0 saturated heterocycles. The highest BCUT2D eigenvalue weighted by Gasteiger charge is 2.57. The molecule has 0 aliphatic carbocycles. The third-order valence-electron chi connectivity index (χ3n) is 14.9. The van der Waals surface area contributed by atoms with Crippen LogP contribution in [0.5, 0.6) is 11.5 Å². The summed E-state index contributed by atoms with van der Waals surface area (Å²) in [6, 6.07) is 10.7. The number of nitrogens with one attached hydrogen (secondary N) is 1. The number of carbonyl (C=O) groups is 7. The van der Waals surface area contributed by atoms with Gasteiger partial charge in [0.2, 0.25) is 5.91 Å². The number of carbonyl (C=O) groups excluding carboxylic acids is 7. The number of esters is 4. The van der Waals surface area contributed by atoms with Crippen LogP contribution in [0.3, 0.4) is 0 Å². The molecular weight excluding hydrogens is 1220 g/mol. The van der Waals surface area contributed by atoms with Crippen LogP contribution in [0, 0.1) is 28.6 Å². The van der Waals surface area contributed by atoms with Gasteiger partial charge in [-0.15, -0.1) is 0 Å². The molecule has 1 N–H and O–H groups in total. The van der Waals surface area contributed by atoms with E-state index < -0.39 is 105 Å². The van der Waals surface area contributed by atoms with Gasteiger partial charge in [0.15, 0.2) is 5.75 Å². The summed E-state index contributed by atoms with van der Waals surface area (Å²) in [5.41, 5.74) is -1.53. The van der Waals surface area contributed by atoms with E-state index in [1.54, 1.807) is 34.1 Å². The van der Waals surface area contributed by atoms with Crippen LogP contribution in [0.4, 0.5) is 15.3 Å². The van der Waals surface area contributed by atoms with Crippen LogP contribution in [-0.4, -0.2) is 101 Å². The average Bonchev–Trinajstić information content (AvgIpc) is 1.60. The zero-order valence-electron chi connectivity index (χ0n) is 58.6. The van der Waals surface area contributed by atoms with Gasteiger partial charge in [-0.3, -0.25) is 24.0 Å². The predicted molar refractivity (Wildman–Crippen MR) is 358 cm³/mol. The van der Waals surface area contributed by atoms with Gasteiger partial charge in [0.05, 0.1) is 45.0 Å². The number of nitrogens with zero attached hydrogens (tertiary/aromatic N) is 3. The smallest absolute Gasteiger partial charge is 0.410 e. The molecule has 0 fully saturated rings. The molecule has 3 rings (SSSR count). The van der Waals surface area contributed by atoms with E-state index in [-0.39, 0.29) is 17.5 Å². The second-order valence-corrected chi connectivity index (χ2v) is 30.8. The summed E-state index contributed by atoms with van der Waals surface area (Å²) in [6.45, 7) is 28.8. The van der Waals surface area contributed by atoms with Crippen molar-refractivity contribution in [1.82, 2.24) is 14.4 Å². The fourth-order valence-corrected chi connectivity index (χ4v) is 11.6. The summed E-state index contributed by atoms with van der Waals surface area (Å²) >= 11 is 0. The summed E-state index contributed by atoms with van der Waals surface area (Å²) in [5.74, 6) is -4.03. The highest BCUT2D eigenvalue weighted by atomic mass is 31.2. The van der Waals surface area contributed by atoms with Crippen molar-refractivity contribution in [3.8, 4) is 22.8 Å². The molecule has 516 valence electrons. The van der Waals surface area contributed by atoms with Crippen LogP contribution in [0.2, 0.25) is 0 Å². The Morgan fingerprint density at radius 3 is 1.23 bits per heavy atom. The molecule has 23 heteroatoms. The van der Waals surface area contributed by atoms with Gasteiger partial charge in [-0.25, -0.2) is 9.59 Å². The Morgan fingerprint density at radius 2 is 0.880 bits per heavy atom. The standard InChI is InChI=1S/C69H109N4O17P2/c1-19-24-28-32-42-71(43-33-29-25-20-2)62(79)83-50-38-36-49(37-39-50)57-48(6)51-46-52(54(47-53(51)73(57)23-5)84-63(80)72(44-34-30-26-21-3)45-35-31-27-22-4)70-55(74)40-41-56(91(81)89-64(85-58(75)66(7,8)9)86-59(76)67(10,11)12)92(82)90-65(87-60(77)68(13,14)15)88-61(78)69(16,17)18/h36-39,46-47,56,64-65H,19-35,40-45H2,1-18H3/q+1/p+1. The molecular formula is C69H110N4O17P2+2. The highest BCUT2D eigenvalue weighted by molar-refractivity contribution is 7.58. The molecule has 3 amide bonds. The summed E-state index contributed by atoms with van der Waals surface area (Å²) in [4.78, 5) is 99.3. The number of hydrogen-bond acceptors (Lipinski definition) is 17. The van der Waals surface area contributed by atoms with Crippen LogP contribution >= 0.6 is 16.1 Å². The number of fused-ring (bicyclic) bond motifs is 1. The fourth-order valence-electron chi connectivity index (χ4n) is 9.20.